The summed E-state index contributed by atoms with van der Waals surface area (Å²) in [7, 11) is 1.39. The summed E-state index contributed by atoms with van der Waals surface area (Å²) in [6, 6.07) is 4.14. The van der Waals surface area contributed by atoms with E-state index in [1.165, 1.54) is 12.0 Å². The molecular weight excluding hydrogens is 318 g/mol. The van der Waals surface area contributed by atoms with Gasteiger partial charge in [0, 0.05) is 24.5 Å². The molecule has 1 aliphatic rings. The number of thiophene rings is 1. The first kappa shape index (κ1) is 14.0. The van der Waals surface area contributed by atoms with Gasteiger partial charge in [0.25, 0.3) is 0 Å². The van der Waals surface area contributed by atoms with Gasteiger partial charge in [-0.2, -0.15) is 0 Å². The molecule has 2 rings (SSSR count). The molecule has 0 bridgehead atoms. The fraction of sp³-hybridized carbons (Fsp3) is 0.583. The molecule has 0 N–H and O–H groups in total. The van der Waals surface area contributed by atoms with Crippen LogP contribution in [0.2, 0.25) is 0 Å². The Balaban J connectivity index is 1.98. The summed E-state index contributed by atoms with van der Waals surface area (Å²) in [4.78, 5) is 15.0. The molecule has 100 valence electrons. The van der Waals surface area contributed by atoms with Crippen LogP contribution in [0, 0.1) is 0 Å². The fourth-order valence-electron chi connectivity index (χ4n) is 2.09. The minimum absolute atomic E-state index is 0.0475. The lowest BCUT2D eigenvalue weighted by Crippen LogP contribution is -2.49. The van der Waals surface area contributed by atoms with Gasteiger partial charge < -0.3 is 9.47 Å². The van der Waals surface area contributed by atoms with Gasteiger partial charge in [-0.15, -0.1) is 11.3 Å². The number of methoxy groups -OCH3 is 1. The van der Waals surface area contributed by atoms with Crippen LogP contribution in [0.25, 0.3) is 0 Å². The van der Waals surface area contributed by atoms with Gasteiger partial charge >= 0.3 is 5.97 Å². The zero-order valence-electron chi connectivity index (χ0n) is 10.4. The van der Waals surface area contributed by atoms with Crippen LogP contribution in [-0.4, -0.2) is 43.3 Å². The third-order valence-corrected chi connectivity index (χ3v) is 4.42. The molecule has 0 saturated carbocycles. The van der Waals surface area contributed by atoms with Crippen LogP contribution in [0.5, 0.6) is 0 Å². The largest absolute Gasteiger partial charge is 0.467 e. The van der Waals surface area contributed by atoms with Gasteiger partial charge in [0.15, 0.2) is 6.10 Å². The predicted molar refractivity (Wildman–Crippen MR) is 73.6 cm³/mol. The van der Waals surface area contributed by atoms with Gasteiger partial charge in [-0.05, 0) is 35.0 Å². The van der Waals surface area contributed by atoms with Gasteiger partial charge in [-0.3, -0.25) is 4.90 Å². The third-order valence-electron chi connectivity index (χ3n) is 2.81. The second kappa shape index (κ2) is 6.14. The molecule has 0 spiro atoms. The van der Waals surface area contributed by atoms with E-state index in [-0.39, 0.29) is 12.1 Å². The van der Waals surface area contributed by atoms with Crippen LogP contribution in [0.3, 0.4) is 0 Å². The first-order valence-electron chi connectivity index (χ1n) is 5.78. The number of hydrogen-bond acceptors (Lipinski definition) is 5. The van der Waals surface area contributed by atoms with Crippen molar-refractivity contribution >= 4 is 33.2 Å². The number of carbonyl (C=O) groups excluding carboxylic acids is 1. The molecule has 1 aromatic rings. The number of rotatable bonds is 3. The molecule has 2 atom stereocenters. The van der Waals surface area contributed by atoms with E-state index in [0.717, 1.165) is 16.9 Å². The summed E-state index contributed by atoms with van der Waals surface area (Å²) in [6.45, 7) is 4.25. The zero-order valence-corrected chi connectivity index (χ0v) is 12.8. The molecule has 0 aliphatic carbocycles. The highest BCUT2D eigenvalue weighted by molar-refractivity contribution is 9.11. The highest BCUT2D eigenvalue weighted by Crippen LogP contribution is 2.24. The van der Waals surface area contributed by atoms with Gasteiger partial charge in [-0.1, -0.05) is 0 Å². The van der Waals surface area contributed by atoms with Crippen molar-refractivity contribution in [1.29, 1.82) is 0 Å². The smallest absolute Gasteiger partial charge is 0.336 e. The normalized spacial score (nSPS) is 25.1. The van der Waals surface area contributed by atoms with Crippen LogP contribution < -0.4 is 0 Å². The molecule has 1 saturated heterocycles. The van der Waals surface area contributed by atoms with Gasteiger partial charge in [-0.25, -0.2) is 4.79 Å². The molecule has 2 heterocycles. The van der Waals surface area contributed by atoms with E-state index in [2.05, 4.69) is 26.9 Å². The maximum Gasteiger partial charge on any atom is 0.336 e. The van der Waals surface area contributed by atoms with E-state index in [4.69, 9.17) is 9.47 Å². The summed E-state index contributed by atoms with van der Waals surface area (Å²) in [6.07, 6.45) is -0.423. The number of carbonyl (C=O) groups is 1. The Morgan fingerprint density at radius 3 is 3.00 bits per heavy atom. The Kier molecular flexibility index (Phi) is 4.77. The molecule has 18 heavy (non-hydrogen) atoms. The lowest BCUT2D eigenvalue weighted by atomic mass is 10.2. The van der Waals surface area contributed by atoms with E-state index in [1.807, 2.05) is 13.0 Å². The summed E-state index contributed by atoms with van der Waals surface area (Å²) in [5.41, 5.74) is 0. The van der Waals surface area contributed by atoms with Crippen molar-refractivity contribution in [2.45, 2.75) is 25.7 Å². The average molecular weight is 334 g/mol. The molecule has 4 nitrogen and oxygen atoms in total. The number of morpholine rings is 1. The Morgan fingerprint density at radius 1 is 1.61 bits per heavy atom. The third kappa shape index (κ3) is 3.54. The second-order valence-corrected chi connectivity index (χ2v) is 6.91. The van der Waals surface area contributed by atoms with Crippen LogP contribution in [-0.2, 0) is 20.8 Å². The highest BCUT2D eigenvalue weighted by atomic mass is 79.9. The first-order chi connectivity index (χ1) is 8.58. The van der Waals surface area contributed by atoms with E-state index in [0.29, 0.717) is 6.54 Å². The highest BCUT2D eigenvalue weighted by Gasteiger charge is 2.31. The Labute approximate surface area is 119 Å². The van der Waals surface area contributed by atoms with Crippen molar-refractivity contribution in [3.05, 3.63) is 20.8 Å². The Morgan fingerprint density at radius 2 is 2.39 bits per heavy atom. The Bertz CT molecular complexity index is 423. The molecular formula is C12H16BrNO3S. The molecule has 0 amide bonds. The van der Waals surface area contributed by atoms with Crippen molar-refractivity contribution in [2.75, 3.05) is 20.2 Å². The van der Waals surface area contributed by atoms with Gasteiger partial charge in [0.05, 0.1) is 17.0 Å². The number of hydrogen-bond donors (Lipinski definition) is 0. The van der Waals surface area contributed by atoms with Crippen LogP contribution >= 0.6 is 27.3 Å². The van der Waals surface area contributed by atoms with Crippen LogP contribution in [0.1, 0.15) is 11.8 Å². The van der Waals surface area contributed by atoms with Gasteiger partial charge in [0.1, 0.15) is 0 Å². The SMILES string of the molecule is COC(=O)[C@@H]1CN(Cc2ccc(Br)s2)C[C@@H](C)O1. The molecule has 0 aromatic carbocycles. The predicted octanol–water partition coefficient (Wildman–Crippen LogP) is 2.27. The maximum absolute atomic E-state index is 11.5. The number of esters is 1. The zero-order chi connectivity index (χ0) is 13.1. The fourth-order valence-corrected chi connectivity index (χ4v) is 3.61. The maximum atomic E-state index is 11.5. The summed E-state index contributed by atoms with van der Waals surface area (Å²) in [5.74, 6) is -0.293. The minimum atomic E-state index is -0.470. The number of nitrogens with zero attached hydrogens (tertiary/aromatic N) is 1. The molecule has 1 aromatic heterocycles. The van der Waals surface area contributed by atoms with Crippen LogP contribution in [0.4, 0.5) is 0 Å². The van der Waals surface area contributed by atoms with Crippen molar-refractivity contribution in [3.63, 3.8) is 0 Å². The molecule has 1 aliphatic heterocycles. The van der Waals surface area contributed by atoms with Crippen LogP contribution in [0.15, 0.2) is 15.9 Å². The molecule has 1 fully saturated rings. The lowest BCUT2D eigenvalue weighted by Gasteiger charge is -2.35. The molecule has 0 unspecified atom stereocenters. The van der Waals surface area contributed by atoms with Crippen molar-refractivity contribution in [3.8, 4) is 0 Å². The minimum Gasteiger partial charge on any atom is -0.467 e. The van der Waals surface area contributed by atoms with Gasteiger partial charge in [0.2, 0.25) is 0 Å². The number of halogens is 1. The number of ether oxygens (including phenoxy) is 2. The van der Waals surface area contributed by atoms with E-state index < -0.39 is 6.10 Å². The Hall–Kier alpha value is -0.430. The van der Waals surface area contributed by atoms with Crippen molar-refractivity contribution in [1.82, 2.24) is 4.90 Å². The lowest BCUT2D eigenvalue weighted by molar-refractivity contribution is -0.166. The van der Waals surface area contributed by atoms with E-state index >= 15 is 0 Å². The summed E-state index contributed by atoms with van der Waals surface area (Å²) < 4.78 is 11.5. The topological polar surface area (TPSA) is 38.8 Å². The standard InChI is InChI=1S/C12H16BrNO3S/c1-8-5-14(6-9-3-4-11(13)18-9)7-10(17-8)12(15)16-2/h3-4,8,10H,5-7H2,1-2H3/t8-,10+/m1/s1. The first-order valence-corrected chi connectivity index (χ1v) is 7.39. The second-order valence-electron chi connectivity index (χ2n) is 4.36. The summed E-state index contributed by atoms with van der Waals surface area (Å²) in [5, 5.41) is 0. The van der Waals surface area contributed by atoms with Crippen molar-refractivity contribution in [2.24, 2.45) is 0 Å². The van der Waals surface area contributed by atoms with E-state index in [9.17, 15) is 4.79 Å². The summed E-state index contributed by atoms with van der Waals surface area (Å²) >= 11 is 5.17. The van der Waals surface area contributed by atoms with E-state index in [1.54, 1.807) is 11.3 Å². The van der Waals surface area contributed by atoms with Crippen molar-refractivity contribution < 1.29 is 14.3 Å². The quantitative estimate of drug-likeness (QED) is 0.795. The molecule has 6 heteroatoms. The molecule has 0 radical (unpaired) electrons. The monoisotopic (exact) mass is 333 g/mol. The average Bonchev–Trinajstić information content (AvgIpc) is 2.73.